The molecule has 2 nitrogen and oxygen atoms in total. The van der Waals surface area contributed by atoms with E-state index in [1.54, 1.807) is 0 Å². The van der Waals surface area contributed by atoms with Crippen LogP contribution in [-0.4, -0.2) is 37.7 Å². The molecular formula is C9H19NO. The van der Waals surface area contributed by atoms with Crippen molar-refractivity contribution in [1.29, 1.82) is 0 Å². The average Bonchev–Trinajstić information content (AvgIpc) is 2.40. The maximum atomic E-state index is 5.53. The summed E-state index contributed by atoms with van der Waals surface area (Å²) in [6.07, 6.45) is 4.27. The van der Waals surface area contributed by atoms with Crippen molar-refractivity contribution >= 4 is 0 Å². The molecule has 11 heavy (non-hydrogen) atoms. The van der Waals surface area contributed by atoms with Crippen LogP contribution in [0.5, 0.6) is 0 Å². The zero-order valence-electron chi connectivity index (χ0n) is 7.68. The third kappa shape index (κ3) is 3.21. The molecule has 0 radical (unpaired) electrons. The molecule has 0 amide bonds. The zero-order chi connectivity index (χ0) is 8.10. The molecule has 1 heterocycles. The van der Waals surface area contributed by atoms with Gasteiger partial charge in [-0.25, -0.2) is 0 Å². The van der Waals surface area contributed by atoms with Crippen molar-refractivity contribution in [2.24, 2.45) is 0 Å². The van der Waals surface area contributed by atoms with E-state index >= 15 is 0 Å². The molecule has 1 fully saturated rings. The van der Waals surface area contributed by atoms with Crippen LogP contribution < -0.4 is 0 Å². The fourth-order valence-corrected chi connectivity index (χ4v) is 1.61. The van der Waals surface area contributed by atoms with Gasteiger partial charge in [0, 0.05) is 13.2 Å². The van der Waals surface area contributed by atoms with Crippen LogP contribution in [0.15, 0.2) is 0 Å². The van der Waals surface area contributed by atoms with E-state index in [1.807, 2.05) is 0 Å². The number of rotatable bonds is 4. The van der Waals surface area contributed by atoms with Gasteiger partial charge in [0.25, 0.3) is 0 Å². The number of nitrogens with zero attached hydrogens (tertiary/aromatic N) is 1. The predicted molar refractivity (Wildman–Crippen MR) is 46.8 cm³/mol. The van der Waals surface area contributed by atoms with Gasteiger partial charge in [-0.15, -0.1) is 0 Å². The summed E-state index contributed by atoms with van der Waals surface area (Å²) in [5.74, 6) is 0. The minimum Gasteiger partial charge on any atom is -0.377 e. The second-order valence-corrected chi connectivity index (χ2v) is 3.40. The third-order valence-corrected chi connectivity index (χ3v) is 2.14. The molecule has 0 N–H and O–H groups in total. The molecule has 0 aromatic rings. The van der Waals surface area contributed by atoms with Gasteiger partial charge in [0.05, 0.1) is 6.10 Å². The zero-order valence-corrected chi connectivity index (χ0v) is 7.68. The van der Waals surface area contributed by atoms with Gasteiger partial charge < -0.3 is 9.64 Å². The summed E-state index contributed by atoms with van der Waals surface area (Å²) in [6.45, 7) is 5.50. The van der Waals surface area contributed by atoms with E-state index in [2.05, 4.69) is 18.9 Å². The molecular weight excluding hydrogens is 138 g/mol. The smallest absolute Gasteiger partial charge is 0.0702 e. The molecule has 1 aliphatic rings. The van der Waals surface area contributed by atoms with Crippen LogP contribution in [0, 0.1) is 0 Å². The fourth-order valence-electron chi connectivity index (χ4n) is 1.61. The molecule has 2 heteroatoms. The monoisotopic (exact) mass is 157 g/mol. The lowest BCUT2D eigenvalue weighted by atomic mass is 10.2. The van der Waals surface area contributed by atoms with Crippen LogP contribution >= 0.6 is 0 Å². The third-order valence-electron chi connectivity index (χ3n) is 2.14. The highest BCUT2D eigenvalue weighted by atomic mass is 16.5. The number of ether oxygens (including phenoxy) is 1. The van der Waals surface area contributed by atoms with Crippen LogP contribution in [0.1, 0.15) is 26.2 Å². The number of hydrogen-bond acceptors (Lipinski definition) is 2. The summed E-state index contributed by atoms with van der Waals surface area (Å²) in [5, 5.41) is 0. The standard InChI is InChI=1S/C9H19NO/c1-3-6-10(2)8-9-5-4-7-11-9/h9H,3-8H2,1-2H3/t9-/m0/s1. The maximum absolute atomic E-state index is 5.53. The van der Waals surface area contributed by atoms with E-state index in [1.165, 1.54) is 25.8 Å². The highest BCUT2D eigenvalue weighted by Gasteiger charge is 2.16. The number of likely N-dealkylation sites (N-methyl/N-ethyl adjacent to an activating group) is 1. The van der Waals surface area contributed by atoms with E-state index in [-0.39, 0.29) is 0 Å². The molecule has 1 saturated heterocycles. The summed E-state index contributed by atoms with van der Waals surface area (Å²) in [5.41, 5.74) is 0. The Kier molecular flexibility index (Phi) is 3.87. The lowest BCUT2D eigenvalue weighted by molar-refractivity contribution is 0.0813. The quantitative estimate of drug-likeness (QED) is 0.613. The molecule has 66 valence electrons. The predicted octanol–water partition coefficient (Wildman–Crippen LogP) is 1.51. The Labute approximate surface area is 69.5 Å². The molecule has 1 atom stereocenters. The van der Waals surface area contributed by atoms with Gasteiger partial charge in [-0.05, 0) is 32.9 Å². The second kappa shape index (κ2) is 4.73. The van der Waals surface area contributed by atoms with Gasteiger partial charge in [0.1, 0.15) is 0 Å². The lowest BCUT2D eigenvalue weighted by Gasteiger charge is -2.19. The first-order valence-corrected chi connectivity index (χ1v) is 4.63. The summed E-state index contributed by atoms with van der Waals surface area (Å²) in [4.78, 5) is 2.36. The second-order valence-electron chi connectivity index (χ2n) is 3.40. The minimum absolute atomic E-state index is 0.520. The molecule has 0 unspecified atom stereocenters. The van der Waals surface area contributed by atoms with Crippen LogP contribution in [-0.2, 0) is 4.74 Å². The van der Waals surface area contributed by atoms with Gasteiger partial charge in [-0.2, -0.15) is 0 Å². The molecule has 0 aliphatic carbocycles. The Balaban J connectivity index is 2.08. The first-order valence-electron chi connectivity index (χ1n) is 4.63. The van der Waals surface area contributed by atoms with Crippen LogP contribution in [0.2, 0.25) is 0 Å². The summed E-state index contributed by atoms with van der Waals surface area (Å²) < 4.78 is 5.53. The highest BCUT2D eigenvalue weighted by molar-refractivity contribution is 4.67. The normalized spacial score (nSPS) is 24.8. The van der Waals surface area contributed by atoms with E-state index in [4.69, 9.17) is 4.74 Å². The Morgan fingerprint density at radius 2 is 2.36 bits per heavy atom. The molecule has 1 rings (SSSR count). The van der Waals surface area contributed by atoms with Gasteiger partial charge in [0.15, 0.2) is 0 Å². The summed E-state index contributed by atoms with van der Waals surface area (Å²) in [6, 6.07) is 0. The molecule has 0 saturated carbocycles. The van der Waals surface area contributed by atoms with Crippen molar-refractivity contribution in [2.75, 3.05) is 26.7 Å². The topological polar surface area (TPSA) is 12.5 Å². The van der Waals surface area contributed by atoms with Crippen LogP contribution in [0.4, 0.5) is 0 Å². The van der Waals surface area contributed by atoms with Gasteiger partial charge >= 0.3 is 0 Å². The van der Waals surface area contributed by atoms with E-state index in [0.29, 0.717) is 6.10 Å². The minimum atomic E-state index is 0.520. The molecule has 1 aliphatic heterocycles. The van der Waals surface area contributed by atoms with E-state index < -0.39 is 0 Å². The van der Waals surface area contributed by atoms with Crippen molar-refractivity contribution in [3.63, 3.8) is 0 Å². The largest absolute Gasteiger partial charge is 0.377 e. The van der Waals surface area contributed by atoms with Crippen molar-refractivity contribution in [3.05, 3.63) is 0 Å². The average molecular weight is 157 g/mol. The van der Waals surface area contributed by atoms with E-state index in [9.17, 15) is 0 Å². The van der Waals surface area contributed by atoms with Crippen molar-refractivity contribution < 1.29 is 4.74 Å². The SMILES string of the molecule is CCCN(C)C[C@@H]1CCCO1. The number of hydrogen-bond donors (Lipinski definition) is 0. The lowest BCUT2D eigenvalue weighted by Crippen LogP contribution is -2.29. The Morgan fingerprint density at radius 3 is 2.91 bits per heavy atom. The molecule has 0 aromatic heterocycles. The maximum Gasteiger partial charge on any atom is 0.0702 e. The van der Waals surface area contributed by atoms with Crippen LogP contribution in [0.25, 0.3) is 0 Å². The van der Waals surface area contributed by atoms with Crippen LogP contribution in [0.3, 0.4) is 0 Å². The van der Waals surface area contributed by atoms with Crippen molar-refractivity contribution in [2.45, 2.75) is 32.3 Å². The van der Waals surface area contributed by atoms with Gasteiger partial charge in [-0.3, -0.25) is 0 Å². The van der Waals surface area contributed by atoms with Crippen molar-refractivity contribution in [3.8, 4) is 0 Å². The Morgan fingerprint density at radius 1 is 1.55 bits per heavy atom. The van der Waals surface area contributed by atoms with E-state index in [0.717, 1.165) is 13.2 Å². The van der Waals surface area contributed by atoms with Gasteiger partial charge in [0.2, 0.25) is 0 Å². The first kappa shape index (κ1) is 9.01. The summed E-state index contributed by atoms with van der Waals surface area (Å²) >= 11 is 0. The Hall–Kier alpha value is -0.0800. The fraction of sp³-hybridized carbons (Fsp3) is 1.00. The molecule has 0 spiro atoms. The van der Waals surface area contributed by atoms with Gasteiger partial charge in [-0.1, -0.05) is 6.92 Å². The molecule has 0 aromatic carbocycles. The first-order chi connectivity index (χ1) is 5.33. The molecule has 0 bridgehead atoms. The van der Waals surface area contributed by atoms with Crippen molar-refractivity contribution in [1.82, 2.24) is 4.90 Å². The Bertz CT molecular complexity index is 99.7. The summed E-state index contributed by atoms with van der Waals surface area (Å²) in [7, 11) is 2.17. The highest BCUT2D eigenvalue weighted by Crippen LogP contribution is 2.12.